The van der Waals surface area contributed by atoms with Crippen LogP contribution in [0.1, 0.15) is 52.1 Å². The monoisotopic (exact) mass is 379 g/mol. The lowest BCUT2D eigenvalue weighted by atomic mass is 10.0. The molecule has 0 radical (unpaired) electrons. The summed E-state index contributed by atoms with van der Waals surface area (Å²) in [6.45, 7) is 7.30. The molecule has 1 rings (SSSR count). The van der Waals surface area contributed by atoms with Gasteiger partial charge in [0.25, 0.3) is 0 Å². The zero-order valence-electron chi connectivity index (χ0n) is 16.7. The number of hydrogen-bond donors (Lipinski definition) is 0. The summed E-state index contributed by atoms with van der Waals surface area (Å²) in [6, 6.07) is 8.49. The molecule has 0 saturated heterocycles. The lowest BCUT2D eigenvalue weighted by Gasteiger charge is -2.33. The minimum absolute atomic E-state index is 0.00239. The molecule has 1 atom stereocenters. The molecule has 0 aromatic heterocycles. The number of rotatable bonds is 8. The molecule has 0 bridgehead atoms. The summed E-state index contributed by atoms with van der Waals surface area (Å²) in [7, 11) is 1.29. The fourth-order valence-corrected chi connectivity index (χ4v) is 2.46. The fraction of sp³-hybridized carbons (Fsp3) is 0.550. The lowest BCUT2D eigenvalue weighted by molar-refractivity contribution is -0.143. The zero-order valence-corrected chi connectivity index (χ0v) is 16.7. The van der Waals surface area contributed by atoms with E-state index in [1.54, 1.807) is 27.7 Å². The Morgan fingerprint density at radius 2 is 1.70 bits per heavy atom. The van der Waals surface area contributed by atoms with Crippen molar-refractivity contribution < 1.29 is 28.6 Å². The Hall–Kier alpha value is -2.57. The first-order valence-corrected chi connectivity index (χ1v) is 8.95. The molecule has 0 spiro atoms. The van der Waals surface area contributed by atoms with Gasteiger partial charge in [0.15, 0.2) is 0 Å². The molecule has 0 aliphatic carbocycles. The summed E-state index contributed by atoms with van der Waals surface area (Å²) in [4.78, 5) is 38.0. The molecule has 1 aromatic rings. The van der Waals surface area contributed by atoms with Gasteiger partial charge in [-0.05, 0) is 33.3 Å². The van der Waals surface area contributed by atoms with E-state index in [0.717, 1.165) is 5.56 Å². The third-order valence-electron chi connectivity index (χ3n) is 3.64. The Kier molecular flexibility index (Phi) is 8.78. The van der Waals surface area contributed by atoms with Crippen LogP contribution in [0.15, 0.2) is 30.3 Å². The van der Waals surface area contributed by atoms with E-state index in [4.69, 9.17) is 14.2 Å². The predicted octanol–water partition coefficient (Wildman–Crippen LogP) is 3.48. The molecule has 0 N–H and O–H groups in total. The number of benzene rings is 1. The molecule has 0 aliphatic heterocycles. The van der Waals surface area contributed by atoms with Crippen LogP contribution >= 0.6 is 0 Å². The average molecular weight is 379 g/mol. The number of hydrogen-bond acceptors (Lipinski definition) is 6. The van der Waals surface area contributed by atoms with Gasteiger partial charge >= 0.3 is 18.0 Å². The van der Waals surface area contributed by atoms with Gasteiger partial charge in [0.1, 0.15) is 5.60 Å². The molecule has 7 nitrogen and oxygen atoms in total. The summed E-state index contributed by atoms with van der Waals surface area (Å²) in [5, 5.41) is 0. The Bertz CT molecular complexity index is 623. The van der Waals surface area contributed by atoms with Crippen LogP contribution in [-0.4, -0.2) is 48.8 Å². The van der Waals surface area contributed by atoms with Crippen molar-refractivity contribution in [3.8, 4) is 0 Å². The number of carbonyl (C=O) groups is 3. The van der Waals surface area contributed by atoms with E-state index in [-0.39, 0.29) is 26.0 Å². The highest BCUT2D eigenvalue weighted by atomic mass is 16.6. The first kappa shape index (κ1) is 22.5. The van der Waals surface area contributed by atoms with Crippen molar-refractivity contribution in [1.29, 1.82) is 0 Å². The van der Waals surface area contributed by atoms with Crippen molar-refractivity contribution in [3.63, 3.8) is 0 Å². The van der Waals surface area contributed by atoms with E-state index in [0.29, 0.717) is 0 Å². The Morgan fingerprint density at radius 3 is 2.22 bits per heavy atom. The predicted molar refractivity (Wildman–Crippen MR) is 100 cm³/mol. The number of amides is 1. The second kappa shape index (κ2) is 10.5. The number of methoxy groups -OCH3 is 1. The van der Waals surface area contributed by atoms with Crippen molar-refractivity contribution in [2.24, 2.45) is 0 Å². The van der Waals surface area contributed by atoms with Crippen LogP contribution in [0, 0.1) is 0 Å². The topological polar surface area (TPSA) is 82.1 Å². The van der Waals surface area contributed by atoms with Crippen molar-refractivity contribution in [3.05, 3.63) is 35.9 Å². The van der Waals surface area contributed by atoms with Gasteiger partial charge in [-0.3, -0.25) is 14.5 Å². The van der Waals surface area contributed by atoms with Crippen LogP contribution in [0.2, 0.25) is 0 Å². The van der Waals surface area contributed by atoms with Gasteiger partial charge < -0.3 is 14.2 Å². The summed E-state index contributed by atoms with van der Waals surface area (Å²) in [6.07, 6.45) is -0.662. The van der Waals surface area contributed by atoms with E-state index in [2.05, 4.69) is 0 Å². The van der Waals surface area contributed by atoms with Crippen LogP contribution in [0.25, 0.3) is 0 Å². The van der Waals surface area contributed by atoms with Crippen LogP contribution in [0.4, 0.5) is 4.79 Å². The number of esters is 2. The van der Waals surface area contributed by atoms with E-state index >= 15 is 0 Å². The number of carbonyl (C=O) groups excluding carboxylic acids is 3. The van der Waals surface area contributed by atoms with E-state index in [9.17, 15) is 14.4 Å². The second-order valence-electron chi connectivity index (χ2n) is 6.94. The van der Waals surface area contributed by atoms with Gasteiger partial charge in [0, 0.05) is 6.54 Å². The smallest absolute Gasteiger partial charge is 0.410 e. The molecule has 0 heterocycles. The highest BCUT2D eigenvalue weighted by Gasteiger charge is 2.31. The highest BCUT2D eigenvalue weighted by Crippen LogP contribution is 2.27. The molecule has 7 heteroatoms. The standard InChI is InChI=1S/C20H29NO6/c1-6-26-17(22)12-13-21(19(24)27-20(2,3)4)16(14-18(23)25-5)15-10-8-7-9-11-15/h7-11,16H,6,12-14H2,1-5H3/t16-/m0/s1. The maximum Gasteiger partial charge on any atom is 0.410 e. The van der Waals surface area contributed by atoms with Gasteiger partial charge in [-0.15, -0.1) is 0 Å². The summed E-state index contributed by atoms with van der Waals surface area (Å²) >= 11 is 0. The molecule has 150 valence electrons. The van der Waals surface area contributed by atoms with Gasteiger partial charge in [-0.1, -0.05) is 30.3 Å². The summed E-state index contributed by atoms with van der Waals surface area (Å²) in [5.41, 5.74) is 0.0313. The summed E-state index contributed by atoms with van der Waals surface area (Å²) in [5.74, 6) is -0.885. The molecule has 27 heavy (non-hydrogen) atoms. The third kappa shape index (κ3) is 8.11. The van der Waals surface area contributed by atoms with Crippen LogP contribution in [0.5, 0.6) is 0 Å². The molecule has 1 aromatic carbocycles. The van der Waals surface area contributed by atoms with Gasteiger partial charge in [-0.2, -0.15) is 0 Å². The SMILES string of the molecule is CCOC(=O)CCN(C(=O)OC(C)(C)C)[C@@H](CC(=O)OC)c1ccccc1. The van der Waals surface area contributed by atoms with Crippen molar-refractivity contribution >= 4 is 18.0 Å². The number of ether oxygens (including phenoxy) is 3. The quantitative estimate of drug-likeness (QED) is 0.508. The number of nitrogens with zero attached hydrogens (tertiary/aromatic N) is 1. The first-order chi connectivity index (χ1) is 12.7. The fourth-order valence-electron chi connectivity index (χ4n) is 2.46. The minimum Gasteiger partial charge on any atom is -0.469 e. The molecule has 0 saturated carbocycles. The largest absolute Gasteiger partial charge is 0.469 e. The van der Waals surface area contributed by atoms with Gasteiger partial charge in [0.05, 0.1) is 32.6 Å². The molecular weight excluding hydrogens is 350 g/mol. The average Bonchev–Trinajstić information content (AvgIpc) is 2.60. The minimum atomic E-state index is -0.717. The molecule has 0 fully saturated rings. The van der Waals surface area contributed by atoms with Crippen LogP contribution in [0.3, 0.4) is 0 Å². The van der Waals surface area contributed by atoms with Crippen molar-refractivity contribution in [2.75, 3.05) is 20.3 Å². The molecule has 0 aliphatic rings. The van der Waals surface area contributed by atoms with E-state index < -0.39 is 29.7 Å². The van der Waals surface area contributed by atoms with E-state index in [1.807, 2.05) is 30.3 Å². The summed E-state index contributed by atoms with van der Waals surface area (Å²) < 4.78 is 15.2. The first-order valence-electron chi connectivity index (χ1n) is 8.95. The van der Waals surface area contributed by atoms with E-state index in [1.165, 1.54) is 12.0 Å². The van der Waals surface area contributed by atoms with Crippen molar-refractivity contribution in [1.82, 2.24) is 4.90 Å². The maximum atomic E-state index is 12.8. The normalized spacial score (nSPS) is 12.0. The van der Waals surface area contributed by atoms with Crippen LogP contribution < -0.4 is 0 Å². The Morgan fingerprint density at radius 1 is 1.07 bits per heavy atom. The van der Waals surface area contributed by atoms with Crippen molar-refractivity contribution in [2.45, 2.75) is 52.2 Å². The lowest BCUT2D eigenvalue weighted by Crippen LogP contribution is -2.41. The molecular formula is C20H29NO6. The molecule has 1 amide bonds. The third-order valence-corrected chi connectivity index (χ3v) is 3.64. The maximum absolute atomic E-state index is 12.8. The van der Waals surface area contributed by atoms with Crippen LogP contribution in [-0.2, 0) is 23.8 Å². The highest BCUT2D eigenvalue weighted by molar-refractivity contribution is 5.75. The molecule has 0 unspecified atom stereocenters. The Balaban J connectivity index is 3.16. The zero-order chi connectivity index (χ0) is 20.4. The van der Waals surface area contributed by atoms with Gasteiger partial charge in [0.2, 0.25) is 0 Å². The second-order valence-corrected chi connectivity index (χ2v) is 6.94. The Labute approximate surface area is 160 Å². The van der Waals surface area contributed by atoms with Gasteiger partial charge in [-0.25, -0.2) is 4.79 Å².